The van der Waals surface area contributed by atoms with Gasteiger partial charge in [0.05, 0.1) is 21.7 Å². The molecule has 21 heavy (non-hydrogen) atoms. The molecule has 0 saturated carbocycles. The number of aromatic hydroxyl groups is 1. The molecule has 6 nitrogen and oxygen atoms in total. The van der Waals surface area contributed by atoms with E-state index in [1.54, 1.807) is 30.3 Å². The van der Waals surface area contributed by atoms with E-state index >= 15 is 0 Å². The van der Waals surface area contributed by atoms with Gasteiger partial charge in [-0.1, -0.05) is 23.5 Å². The first kappa shape index (κ1) is 13.3. The molecule has 0 aliphatic rings. The molecular weight excluding hydrogens is 292 g/mol. The Labute approximate surface area is 122 Å². The summed E-state index contributed by atoms with van der Waals surface area (Å²) in [5, 5.41) is 20.3. The van der Waals surface area contributed by atoms with Gasteiger partial charge in [-0.3, -0.25) is 19.5 Å². The summed E-state index contributed by atoms with van der Waals surface area (Å²) in [6, 6.07) is 10.9. The van der Waals surface area contributed by atoms with Crippen LogP contribution in [0.1, 0.15) is 5.56 Å². The molecular formula is C14H10N2O4S. The highest BCUT2D eigenvalue weighted by atomic mass is 32.1. The Morgan fingerprint density at radius 2 is 2.05 bits per heavy atom. The monoisotopic (exact) mass is 302 g/mol. The SMILES string of the molecule is O=c1sc2ccc([N+](=O)[O-])cc2n1Cc1cccc(O)c1. The number of hydrogen-bond acceptors (Lipinski definition) is 5. The Morgan fingerprint density at radius 1 is 1.24 bits per heavy atom. The molecule has 1 heterocycles. The van der Waals surface area contributed by atoms with Crippen LogP contribution in [-0.2, 0) is 6.54 Å². The normalized spacial score (nSPS) is 10.9. The average Bonchev–Trinajstić information content (AvgIpc) is 2.74. The van der Waals surface area contributed by atoms with Crippen LogP contribution in [0.2, 0.25) is 0 Å². The van der Waals surface area contributed by atoms with Gasteiger partial charge in [-0.25, -0.2) is 0 Å². The molecule has 2 aromatic carbocycles. The smallest absolute Gasteiger partial charge is 0.308 e. The summed E-state index contributed by atoms with van der Waals surface area (Å²) in [6.45, 7) is 0.258. The standard InChI is InChI=1S/C14H10N2O4S/c17-11-3-1-2-9(6-11)8-15-12-7-10(16(19)20)4-5-13(12)21-14(15)18/h1-7,17H,8H2. The summed E-state index contributed by atoms with van der Waals surface area (Å²) in [4.78, 5) is 22.2. The molecule has 3 rings (SSSR count). The van der Waals surface area contributed by atoms with E-state index in [9.17, 15) is 20.0 Å². The Morgan fingerprint density at radius 3 is 2.76 bits per heavy atom. The van der Waals surface area contributed by atoms with Crippen molar-refractivity contribution in [2.75, 3.05) is 0 Å². The molecule has 0 atom stereocenters. The molecule has 0 saturated heterocycles. The summed E-state index contributed by atoms with van der Waals surface area (Å²) >= 11 is 1.04. The highest BCUT2D eigenvalue weighted by Crippen LogP contribution is 2.24. The molecule has 0 aliphatic carbocycles. The van der Waals surface area contributed by atoms with E-state index in [2.05, 4.69) is 0 Å². The number of fused-ring (bicyclic) bond motifs is 1. The van der Waals surface area contributed by atoms with Crippen LogP contribution >= 0.6 is 11.3 Å². The minimum atomic E-state index is -0.486. The number of thiazole rings is 1. The van der Waals surface area contributed by atoms with Gasteiger partial charge in [0.15, 0.2) is 0 Å². The molecule has 3 aromatic rings. The van der Waals surface area contributed by atoms with Crippen molar-refractivity contribution in [1.29, 1.82) is 0 Å². The topological polar surface area (TPSA) is 85.4 Å². The lowest BCUT2D eigenvalue weighted by Gasteiger charge is -2.04. The van der Waals surface area contributed by atoms with Gasteiger partial charge in [0.1, 0.15) is 5.75 Å². The number of nitro benzene ring substituents is 1. The summed E-state index contributed by atoms with van der Waals surface area (Å²) in [6.07, 6.45) is 0. The van der Waals surface area contributed by atoms with Crippen LogP contribution in [0, 0.1) is 10.1 Å². The molecule has 0 unspecified atom stereocenters. The first-order valence-electron chi connectivity index (χ1n) is 6.10. The third-order valence-electron chi connectivity index (χ3n) is 3.11. The third-order valence-corrected chi connectivity index (χ3v) is 4.07. The van der Waals surface area contributed by atoms with Gasteiger partial charge in [-0.05, 0) is 23.8 Å². The predicted octanol–water partition coefficient (Wildman–Crippen LogP) is 2.73. The van der Waals surface area contributed by atoms with Gasteiger partial charge in [0, 0.05) is 12.1 Å². The minimum Gasteiger partial charge on any atom is -0.508 e. The van der Waals surface area contributed by atoms with E-state index in [0.29, 0.717) is 10.2 Å². The molecule has 7 heteroatoms. The van der Waals surface area contributed by atoms with Crippen molar-refractivity contribution in [2.24, 2.45) is 0 Å². The molecule has 0 spiro atoms. The number of benzene rings is 2. The van der Waals surface area contributed by atoms with Crippen LogP contribution in [0.3, 0.4) is 0 Å². The second kappa shape index (κ2) is 5.02. The van der Waals surface area contributed by atoms with E-state index < -0.39 is 4.92 Å². The van der Waals surface area contributed by atoms with Gasteiger partial charge >= 0.3 is 4.87 Å². The quantitative estimate of drug-likeness (QED) is 0.595. The molecule has 0 bridgehead atoms. The molecule has 0 amide bonds. The highest BCUT2D eigenvalue weighted by Gasteiger charge is 2.13. The zero-order valence-electron chi connectivity index (χ0n) is 10.7. The van der Waals surface area contributed by atoms with Crippen LogP contribution in [0.15, 0.2) is 47.3 Å². The van der Waals surface area contributed by atoms with E-state index in [-0.39, 0.29) is 22.9 Å². The molecule has 1 aromatic heterocycles. The molecule has 0 aliphatic heterocycles. The summed E-state index contributed by atoms with van der Waals surface area (Å²) < 4.78 is 2.17. The summed E-state index contributed by atoms with van der Waals surface area (Å²) in [5.74, 6) is 0.117. The number of aromatic nitrogens is 1. The van der Waals surface area contributed by atoms with Gasteiger partial charge in [-0.15, -0.1) is 0 Å². The van der Waals surface area contributed by atoms with Crippen LogP contribution in [0.25, 0.3) is 10.2 Å². The van der Waals surface area contributed by atoms with Gasteiger partial charge in [0.25, 0.3) is 5.69 Å². The second-order valence-corrected chi connectivity index (χ2v) is 5.53. The lowest BCUT2D eigenvalue weighted by molar-refractivity contribution is -0.384. The van der Waals surface area contributed by atoms with Crippen LogP contribution in [0.5, 0.6) is 5.75 Å². The average molecular weight is 302 g/mol. The lowest BCUT2D eigenvalue weighted by atomic mass is 10.2. The van der Waals surface area contributed by atoms with E-state index in [4.69, 9.17) is 0 Å². The molecule has 0 radical (unpaired) electrons. The maximum atomic E-state index is 12.1. The Balaban J connectivity index is 2.12. The maximum absolute atomic E-state index is 12.1. The summed E-state index contributed by atoms with van der Waals surface area (Å²) in [7, 11) is 0. The lowest BCUT2D eigenvalue weighted by Crippen LogP contribution is -2.13. The number of phenols is 1. The third kappa shape index (κ3) is 2.50. The van der Waals surface area contributed by atoms with Crippen molar-refractivity contribution in [3.63, 3.8) is 0 Å². The number of nitrogens with zero attached hydrogens (tertiary/aromatic N) is 2. The Hall–Kier alpha value is -2.67. The highest BCUT2D eigenvalue weighted by molar-refractivity contribution is 7.16. The van der Waals surface area contributed by atoms with Crippen molar-refractivity contribution < 1.29 is 10.0 Å². The number of rotatable bonds is 3. The van der Waals surface area contributed by atoms with Crippen molar-refractivity contribution in [1.82, 2.24) is 4.57 Å². The van der Waals surface area contributed by atoms with E-state index in [0.717, 1.165) is 16.9 Å². The van der Waals surface area contributed by atoms with Crippen LogP contribution in [0.4, 0.5) is 5.69 Å². The van der Waals surface area contributed by atoms with Gasteiger partial charge < -0.3 is 5.11 Å². The van der Waals surface area contributed by atoms with Crippen molar-refractivity contribution in [2.45, 2.75) is 6.54 Å². The van der Waals surface area contributed by atoms with Crippen LogP contribution in [-0.4, -0.2) is 14.6 Å². The Kier molecular flexibility index (Phi) is 3.19. The fourth-order valence-electron chi connectivity index (χ4n) is 2.15. The largest absolute Gasteiger partial charge is 0.508 e. The fourth-order valence-corrected chi connectivity index (χ4v) is 3.02. The molecule has 0 fully saturated rings. The van der Waals surface area contributed by atoms with Crippen LogP contribution < -0.4 is 4.87 Å². The minimum absolute atomic E-state index is 0.0510. The van der Waals surface area contributed by atoms with E-state index in [1.807, 2.05) is 0 Å². The second-order valence-electron chi connectivity index (χ2n) is 4.53. The van der Waals surface area contributed by atoms with Crippen molar-refractivity contribution >= 4 is 27.2 Å². The molecule has 1 N–H and O–H groups in total. The molecule has 106 valence electrons. The first-order chi connectivity index (χ1) is 10.0. The van der Waals surface area contributed by atoms with Crippen molar-refractivity contribution in [3.8, 4) is 5.75 Å². The number of non-ortho nitro benzene ring substituents is 1. The maximum Gasteiger partial charge on any atom is 0.308 e. The van der Waals surface area contributed by atoms with Gasteiger partial charge in [0.2, 0.25) is 0 Å². The predicted molar refractivity (Wildman–Crippen MR) is 79.9 cm³/mol. The van der Waals surface area contributed by atoms with E-state index in [1.165, 1.54) is 16.7 Å². The Bertz CT molecular complexity index is 897. The number of hydrogen-bond donors (Lipinski definition) is 1. The zero-order chi connectivity index (χ0) is 15.0. The zero-order valence-corrected chi connectivity index (χ0v) is 11.5. The number of nitro groups is 1. The first-order valence-corrected chi connectivity index (χ1v) is 6.92. The van der Waals surface area contributed by atoms with Crippen molar-refractivity contribution in [3.05, 3.63) is 67.8 Å². The fraction of sp³-hybridized carbons (Fsp3) is 0.0714. The van der Waals surface area contributed by atoms with Gasteiger partial charge in [-0.2, -0.15) is 0 Å². The number of phenolic OH excluding ortho intramolecular Hbond substituents is 1. The summed E-state index contributed by atoms with van der Waals surface area (Å²) in [5.41, 5.74) is 1.23.